The van der Waals surface area contributed by atoms with Crippen molar-refractivity contribution in [3.8, 4) is 6.07 Å². The van der Waals surface area contributed by atoms with Crippen molar-refractivity contribution in [3.63, 3.8) is 0 Å². The number of anilines is 1. The monoisotopic (exact) mass is 368 g/mol. The van der Waals surface area contributed by atoms with E-state index < -0.39 is 5.91 Å². The third-order valence-corrected chi connectivity index (χ3v) is 3.07. The number of nitriles is 1. The first-order valence-corrected chi connectivity index (χ1v) is 6.45. The van der Waals surface area contributed by atoms with E-state index in [1.165, 1.54) is 0 Å². The van der Waals surface area contributed by atoms with Gasteiger partial charge >= 0.3 is 0 Å². The highest BCUT2D eigenvalue weighted by Crippen LogP contribution is 2.21. The van der Waals surface area contributed by atoms with Crippen LogP contribution in [0, 0.1) is 11.3 Å². The van der Waals surface area contributed by atoms with E-state index in [4.69, 9.17) is 9.68 Å². The second-order valence-electron chi connectivity index (χ2n) is 3.36. The SMILES string of the molecule is N#Cc1cc(Br)ccc1NC(=O)c1ccc(Br)o1. The Kier molecular flexibility index (Phi) is 3.84. The van der Waals surface area contributed by atoms with Gasteiger partial charge in [-0.05, 0) is 46.3 Å². The number of hydrogen-bond donors (Lipinski definition) is 1. The second kappa shape index (κ2) is 5.38. The van der Waals surface area contributed by atoms with Crippen LogP contribution in [0.5, 0.6) is 0 Å². The molecule has 0 saturated heterocycles. The fourth-order valence-electron chi connectivity index (χ4n) is 1.34. The van der Waals surface area contributed by atoms with Gasteiger partial charge in [0.25, 0.3) is 5.91 Å². The summed E-state index contributed by atoms with van der Waals surface area (Å²) in [5.74, 6) is -0.229. The van der Waals surface area contributed by atoms with E-state index in [0.717, 1.165) is 4.47 Å². The zero-order valence-corrected chi connectivity index (χ0v) is 12.1. The number of nitrogens with zero attached hydrogens (tertiary/aromatic N) is 1. The average molecular weight is 370 g/mol. The van der Waals surface area contributed by atoms with E-state index >= 15 is 0 Å². The van der Waals surface area contributed by atoms with Crippen LogP contribution in [-0.4, -0.2) is 5.91 Å². The topological polar surface area (TPSA) is 66.0 Å². The van der Waals surface area contributed by atoms with E-state index in [1.54, 1.807) is 30.3 Å². The van der Waals surface area contributed by atoms with Gasteiger partial charge in [-0.15, -0.1) is 0 Å². The highest BCUT2D eigenvalue weighted by Gasteiger charge is 2.12. The van der Waals surface area contributed by atoms with Gasteiger partial charge in [0, 0.05) is 4.47 Å². The predicted molar refractivity (Wildman–Crippen MR) is 73.2 cm³/mol. The van der Waals surface area contributed by atoms with Gasteiger partial charge in [0.2, 0.25) is 0 Å². The molecule has 0 bridgehead atoms. The molecule has 18 heavy (non-hydrogen) atoms. The Morgan fingerprint density at radius 3 is 2.67 bits per heavy atom. The van der Waals surface area contributed by atoms with Gasteiger partial charge < -0.3 is 9.73 Å². The van der Waals surface area contributed by atoms with Crippen LogP contribution in [0.4, 0.5) is 5.69 Å². The van der Waals surface area contributed by atoms with Crippen LogP contribution in [0.25, 0.3) is 0 Å². The lowest BCUT2D eigenvalue weighted by Crippen LogP contribution is -2.11. The summed E-state index contributed by atoms with van der Waals surface area (Å²) in [6.45, 7) is 0. The molecule has 1 heterocycles. The smallest absolute Gasteiger partial charge is 0.291 e. The quantitative estimate of drug-likeness (QED) is 0.872. The first-order valence-electron chi connectivity index (χ1n) is 4.86. The van der Waals surface area contributed by atoms with Gasteiger partial charge in [-0.3, -0.25) is 4.79 Å². The van der Waals surface area contributed by atoms with Crippen LogP contribution < -0.4 is 5.32 Å². The molecule has 2 rings (SSSR count). The molecule has 0 aliphatic carbocycles. The number of halogens is 2. The number of benzene rings is 1. The van der Waals surface area contributed by atoms with Crippen molar-refractivity contribution in [2.45, 2.75) is 0 Å². The highest BCUT2D eigenvalue weighted by atomic mass is 79.9. The van der Waals surface area contributed by atoms with E-state index in [9.17, 15) is 4.79 Å². The van der Waals surface area contributed by atoms with E-state index in [0.29, 0.717) is 15.9 Å². The minimum absolute atomic E-state index is 0.175. The maximum atomic E-state index is 11.8. The molecular weight excluding hydrogens is 364 g/mol. The summed E-state index contributed by atoms with van der Waals surface area (Å²) >= 11 is 6.38. The van der Waals surface area contributed by atoms with Crippen LogP contribution >= 0.6 is 31.9 Å². The summed E-state index contributed by atoms with van der Waals surface area (Å²) in [6.07, 6.45) is 0. The molecule has 0 aliphatic rings. The number of amides is 1. The fraction of sp³-hybridized carbons (Fsp3) is 0. The summed E-state index contributed by atoms with van der Waals surface area (Å²) in [6, 6.07) is 10.2. The van der Waals surface area contributed by atoms with E-state index in [1.807, 2.05) is 6.07 Å². The van der Waals surface area contributed by atoms with E-state index in [2.05, 4.69) is 37.2 Å². The molecule has 1 amide bonds. The first-order chi connectivity index (χ1) is 8.60. The summed E-state index contributed by atoms with van der Waals surface area (Å²) in [5, 5.41) is 11.6. The molecule has 2 aromatic rings. The third-order valence-electron chi connectivity index (χ3n) is 2.15. The van der Waals surface area contributed by atoms with Crippen LogP contribution in [0.1, 0.15) is 16.1 Å². The van der Waals surface area contributed by atoms with Crippen molar-refractivity contribution in [2.75, 3.05) is 5.32 Å². The Hall–Kier alpha value is -1.58. The van der Waals surface area contributed by atoms with Crippen LogP contribution in [0.2, 0.25) is 0 Å². The Morgan fingerprint density at radius 1 is 1.28 bits per heavy atom. The Labute approximate surface area is 120 Å². The normalized spacial score (nSPS) is 9.83. The maximum Gasteiger partial charge on any atom is 0.291 e. The lowest BCUT2D eigenvalue weighted by atomic mass is 10.2. The minimum atomic E-state index is -0.403. The average Bonchev–Trinajstić information content (AvgIpc) is 2.78. The molecular formula is C12H6Br2N2O2. The number of nitrogens with one attached hydrogen (secondary N) is 1. The molecule has 0 unspecified atom stereocenters. The highest BCUT2D eigenvalue weighted by molar-refractivity contribution is 9.10. The largest absolute Gasteiger partial charge is 0.444 e. The fourth-order valence-corrected chi connectivity index (χ4v) is 2.01. The molecule has 0 atom stereocenters. The number of carbonyl (C=O) groups is 1. The molecule has 1 aromatic carbocycles. The van der Waals surface area contributed by atoms with Crippen molar-refractivity contribution in [2.24, 2.45) is 0 Å². The lowest BCUT2D eigenvalue weighted by molar-refractivity contribution is 0.0995. The summed E-state index contributed by atoms with van der Waals surface area (Å²) in [5.41, 5.74) is 0.821. The Bertz CT molecular complexity index is 644. The zero-order chi connectivity index (χ0) is 13.1. The maximum absolute atomic E-state index is 11.8. The Balaban J connectivity index is 2.25. The van der Waals surface area contributed by atoms with Gasteiger partial charge in [-0.25, -0.2) is 0 Å². The van der Waals surface area contributed by atoms with Crippen LogP contribution in [0.15, 0.2) is 43.9 Å². The molecule has 0 fully saturated rings. The summed E-state index contributed by atoms with van der Waals surface area (Å²) in [7, 11) is 0. The second-order valence-corrected chi connectivity index (χ2v) is 5.06. The van der Waals surface area contributed by atoms with Gasteiger partial charge in [0.15, 0.2) is 10.4 Å². The zero-order valence-electron chi connectivity index (χ0n) is 8.91. The van der Waals surface area contributed by atoms with E-state index in [-0.39, 0.29) is 5.76 Å². The van der Waals surface area contributed by atoms with Gasteiger partial charge in [-0.2, -0.15) is 5.26 Å². The van der Waals surface area contributed by atoms with Crippen molar-refractivity contribution in [3.05, 3.63) is 50.8 Å². The molecule has 4 nitrogen and oxygen atoms in total. The van der Waals surface area contributed by atoms with Crippen molar-refractivity contribution >= 4 is 43.5 Å². The van der Waals surface area contributed by atoms with Crippen molar-refractivity contribution in [1.82, 2.24) is 0 Å². The molecule has 0 spiro atoms. The number of furan rings is 1. The predicted octanol–water partition coefficient (Wildman–Crippen LogP) is 3.93. The molecule has 0 aliphatic heterocycles. The number of hydrogen-bond acceptors (Lipinski definition) is 3. The molecule has 0 saturated carbocycles. The van der Waals surface area contributed by atoms with Gasteiger partial charge in [-0.1, -0.05) is 15.9 Å². The standard InChI is InChI=1S/C12H6Br2N2O2/c13-8-1-2-9(7(5-8)6-15)16-12(17)10-3-4-11(14)18-10/h1-5H,(H,16,17). The molecule has 1 N–H and O–H groups in total. The molecule has 6 heteroatoms. The van der Waals surface area contributed by atoms with Gasteiger partial charge in [0.05, 0.1) is 11.3 Å². The number of carbonyl (C=O) groups excluding carboxylic acids is 1. The Morgan fingerprint density at radius 2 is 2.06 bits per heavy atom. The number of rotatable bonds is 2. The van der Waals surface area contributed by atoms with Crippen LogP contribution in [-0.2, 0) is 0 Å². The van der Waals surface area contributed by atoms with Crippen LogP contribution in [0.3, 0.4) is 0 Å². The molecule has 1 aromatic heterocycles. The lowest BCUT2D eigenvalue weighted by Gasteiger charge is -2.05. The molecule has 0 radical (unpaired) electrons. The summed E-state index contributed by atoms with van der Waals surface area (Å²) < 4.78 is 6.38. The minimum Gasteiger partial charge on any atom is -0.444 e. The van der Waals surface area contributed by atoms with Gasteiger partial charge in [0.1, 0.15) is 6.07 Å². The van der Waals surface area contributed by atoms with Crippen molar-refractivity contribution in [1.29, 1.82) is 5.26 Å². The summed E-state index contributed by atoms with van der Waals surface area (Å²) in [4.78, 5) is 11.8. The molecule has 90 valence electrons. The van der Waals surface area contributed by atoms with Crippen molar-refractivity contribution < 1.29 is 9.21 Å². The first kappa shape index (κ1) is 12.9. The third kappa shape index (κ3) is 2.81.